The third kappa shape index (κ3) is 5.81. The van der Waals surface area contributed by atoms with Crippen molar-refractivity contribution in [3.63, 3.8) is 0 Å². The van der Waals surface area contributed by atoms with E-state index in [-0.39, 0.29) is 18.3 Å². The first-order valence-corrected chi connectivity index (χ1v) is 9.32. The molecule has 0 spiro atoms. The number of rotatable bonds is 8. The summed E-state index contributed by atoms with van der Waals surface area (Å²) in [7, 11) is 0. The maximum atomic E-state index is 12.2. The fraction of sp³-hybridized carbons (Fsp3) is 0.350. The fourth-order valence-corrected chi connectivity index (χ4v) is 3.25. The summed E-state index contributed by atoms with van der Waals surface area (Å²) in [5.74, 6) is -0.421. The number of Topliss-reactive ketones (excluding diaryl/α,β-unsaturated/α-hetero) is 1. The van der Waals surface area contributed by atoms with Crippen molar-refractivity contribution < 1.29 is 19.1 Å². The van der Waals surface area contributed by atoms with Gasteiger partial charge >= 0.3 is 5.97 Å². The Hall–Kier alpha value is -2.47. The quantitative estimate of drug-likeness (QED) is 0.567. The van der Waals surface area contributed by atoms with Crippen LogP contribution in [-0.2, 0) is 16.0 Å². The molecule has 0 radical (unpaired) electrons. The topological polar surface area (TPSA) is 72.5 Å². The second kappa shape index (κ2) is 9.29. The van der Waals surface area contributed by atoms with Crippen molar-refractivity contribution in [2.24, 2.45) is 0 Å². The number of ether oxygens (including phenoxy) is 1. The number of hydrogen-bond donors (Lipinski definition) is 1. The molecule has 0 fully saturated rings. The Kier molecular flexibility index (Phi) is 7.09. The van der Waals surface area contributed by atoms with Gasteiger partial charge in [-0.15, -0.1) is 11.3 Å². The van der Waals surface area contributed by atoms with E-state index in [0.29, 0.717) is 29.3 Å². The van der Waals surface area contributed by atoms with Crippen LogP contribution in [0.25, 0.3) is 0 Å². The number of esters is 1. The highest BCUT2D eigenvalue weighted by atomic mass is 32.1. The number of hydrogen-bond acceptors (Lipinski definition) is 5. The van der Waals surface area contributed by atoms with E-state index in [1.165, 1.54) is 18.3 Å². The average Bonchev–Trinajstić information content (AvgIpc) is 3.08. The van der Waals surface area contributed by atoms with E-state index in [1.54, 1.807) is 18.2 Å². The first kappa shape index (κ1) is 19.8. The maximum absolute atomic E-state index is 12.2. The number of carbonyl (C=O) groups excluding carboxylic acids is 3. The first-order valence-electron chi connectivity index (χ1n) is 8.50. The van der Waals surface area contributed by atoms with Gasteiger partial charge in [-0.25, -0.2) is 4.79 Å². The molecule has 1 amide bonds. The van der Waals surface area contributed by atoms with Crippen LogP contribution in [0.15, 0.2) is 36.4 Å². The van der Waals surface area contributed by atoms with Gasteiger partial charge in [-0.1, -0.05) is 26.0 Å². The second-order valence-corrected chi connectivity index (χ2v) is 7.44. The van der Waals surface area contributed by atoms with E-state index >= 15 is 0 Å². The summed E-state index contributed by atoms with van der Waals surface area (Å²) in [6.45, 7) is 5.88. The lowest BCUT2D eigenvalue weighted by Crippen LogP contribution is -2.22. The van der Waals surface area contributed by atoms with Crippen LogP contribution in [0, 0.1) is 0 Å². The van der Waals surface area contributed by atoms with Crippen molar-refractivity contribution in [1.29, 1.82) is 0 Å². The zero-order valence-corrected chi connectivity index (χ0v) is 16.0. The third-order valence-electron chi connectivity index (χ3n) is 3.83. The summed E-state index contributed by atoms with van der Waals surface area (Å²) >= 11 is 1.35. The van der Waals surface area contributed by atoms with Gasteiger partial charge in [0.15, 0.2) is 6.61 Å². The number of amides is 1. The Morgan fingerprint density at radius 2 is 1.77 bits per heavy atom. The molecule has 5 nitrogen and oxygen atoms in total. The van der Waals surface area contributed by atoms with E-state index < -0.39 is 5.97 Å². The number of ketones is 1. The molecule has 2 aromatic rings. The van der Waals surface area contributed by atoms with Crippen LogP contribution >= 0.6 is 11.3 Å². The summed E-state index contributed by atoms with van der Waals surface area (Å²) in [5.41, 5.74) is 1.58. The molecule has 138 valence electrons. The number of carbonyl (C=O) groups is 3. The van der Waals surface area contributed by atoms with Crippen LogP contribution in [0.4, 0.5) is 0 Å². The molecule has 1 aromatic carbocycles. The lowest BCUT2D eigenvalue weighted by Gasteiger charge is -2.07. The molecule has 0 aliphatic heterocycles. The average molecular weight is 373 g/mol. The predicted molar refractivity (Wildman–Crippen MR) is 102 cm³/mol. The molecule has 0 saturated heterocycles. The Labute approximate surface area is 157 Å². The molecule has 0 unspecified atom stereocenters. The van der Waals surface area contributed by atoms with Gasteiger partial charge < -0.3 is 10.1 Å². The van der Waals surface area contributed by atoms with Gasteiger partial charge in [0, 0.05) is 18.3 Å². The highest BCUT2D eigenvalue weighted by Crippen LogP contribution is 2.18. The molecule has 6 heteroatoms. The van der Waals surface area contributed by atoms with Crippen LogP contribution < -0.4 is 5.32 Å². The fourth-order valence-electron chi connectivity index (χ4n) is 2.31. The Balaban J connectivity index is 1.85. The number of thiophene rings is 1. The summed E-state index contributed by atoms with van der Waals surface area (Å²) in [5, 5.41) is 2.71. The number of benzene rings is 1. The number of nitrogens with one attached hydrogen (secondary N) is 1. The van der Waals surface area contributed by atoms with Gasteiger partial charge in [0.1, 0.15) is 0 Å². The minimum Gasteiger partial charge on any atom is -0.454 e. The van der Waals surface area contributed by atoms with Gasteiger partial charge in [-0.2, -0.15) is 0 Å². The summed E-state index contributed by atoms with van der Waals surface area (Å²) in [6.07, 6.45) is 0.666. The first-order chi connectivity index (χ1) is 12.4. The minimum atomic E-state index is -0.504. The monoisotopic (exact) mass is 373 g/mol. The SMILES string of the molecule is CC(=O)NCCc1ccc(C(=O)COC(=O)c2ccc(C(C)C)cc2)s1. The zero-order valence-electron chi connectivity index (χ0n) is 15.2. The van der Waals surface area contributed by atoms with Crippen LogP contribution in [0.1, 0.15) is 57.2 Å². The van der Waals surface area contributed by atoms with Crippen LogP contribution in [0.3, 0.4) is 0 Å². The molecule has 1 aromatic heterocycles. The van der Waals surface area contributed by atoms with Crippen LogP contribution in [-0.4, -0.2) is 30.8 Å². The van der Waals surface area contributed by atoms with Gasteiger partial charge in [-0.05, 0) is 42.2 Å². The van der Waals surface area contributed by atoms with Crippen molar-refractivity contribution in [2.75, 3.05) is 13.2 Å². The molecule has 2 rings (SSSR count). The van der Waals surface area contributed by atoms with E-state index in [2.05, 4.69) is 19.2 Å². The van der Waals surface area contributed by atoms with E-state index in [9.17, 15) is 14.4 Å². The third-order valence-corrected chi connectivity index (χ3v) is 5.02. The minimum absolute atomic E-state index is 0.0776. The normalized spacial score (nSPS) is 10.6. The van der Waals surface area contributed by atoms with Gasteiger partial charge in [-0.3, -0.25) is 9.59 Å². The second-order valence-electron chi connectivity index (χ2n) is 6.27. The molecular formula is C20H23NO4S. The molecule has 0 aliphatic carbocycles. The van der Waals surface area contributed by atoms with Crippen LogP contribution in [0.5, 0.6) is 0 Å². The van der Waals surface area contributed by atoms with Gasteiger partial charge in [0.25, 0.3) is 0 Å². The molecule has 1 N–H and O–H groups in total. The van der Waals surface area contributed by atoms with Gasteiger partial charge in [0.2, 0.25) is 11.7 Å². The van der Waals surface area contributed by atoms with E-state index in [0.717, 1.165) is 10.4 Å². The molecule has 0 atom stereocenters. The van der Waals surface area contributed by atoms with Crippen molar-refractivity contribution in [3.05, 3.63) is 57.3 Å². The molecule has 0 saturated carbocycles. The van der Waals surface area contributed by atoms with Crippen molar-refractivity contribution in [2.45, 2.75) is 33.1 Å². The van der Waals surface area contributed by atoms with E-state index in [1.807, 2.05) is 18.2 Å². The molecule has 1 heterocycles. The maximum Gasteiger partial charge on any atom is 0.338 e. The molecule has 0 aliphatic rings. The summed E-state index contributed by atoms with van der Waals surface area (Å²) in [6, 6.07) is 10.8. The summed E-state index contributed by atoms with van der Waals surface area (Å²) in [4.78, 5) is 36.6. The Morgan fingerprint density at radius 3 is 2.38 bits per heavy atom. The molecule has 0 bridgehead atoms. The largest absolute Gasteiger partial charge is 0.454 e. The van der Waals surface area contributed by atoms with Crippen molar-refractivity contribution in [3.8, 4) is 0 Å². The lowest BCUT2D eigenvalue weighted by molar-refractivity contribution is -0.118. The van der Waals surface area contributed by atoms with Crippen molar-refractivity contribution in [1.82, 2.24) is 5.32 Å². The Bertz CT molecular complexity index is 777. The smallest absolute Gasteiger partial charge is 0.338 e. The predicted octanol–water partition coefficient (Wildman–Crippen LogP) is 3.59. The van der Waals surface area contributed by atoms with Crippen molar-refractivity contribution >= 4 is 29.0 Å². The van der Waals surface area contributed by atoms with E-state index in [4.69, 9.17) is 4.74 Å². The highest BCUT2D eigenvalue weighted by Gasteiger charge is 2.14. The van der Waals surface area contributed by atoms with Crippen LogP contribution in [0.2, 0.25) is 0 Å². The standard InChI is InChI=1S/C20H23NO4S/c1-13(2)15-4-6-16(7-5-15)20(24)25-12-18(23)19-9-8-17(26-19)10-11-21-14(3)22/h4-9,13H,10-12H2,1-3H3,(H,21,22). The molecular weight excluding hydrogens is 350 g/mol. The lowest BCUT2D eigenvalue weighted by atomic mass is 10.0. The highest BCUT2D eigenvalue weighted by molar-refractivity contribution is 7.14. The Morgan fingerprint density at radius 1 is 1.08 bits per heavy atom. The molecule has 26 heavy (non-hydrogen) atoms. The zero-order chi connectivity index (χ0) is 19.1. The van der Waals surface area contributed by atoms with Gasteiger partial charge in [0.05, 0.1) is 10.4 Å². The summed E-state index contributed by atoms with van der Waals surface area (Å²) < 4.78 is 5.13.